The third kappa shape index (κ3) is 2.38. The van der Waals surface area contributed by atoms with Crippen LogP contribution in [0.3, 0.4) is 0 Å². The van der Waals surface area contributed by atoms with E-state index in [9.17, 15) is 9.59 Å². The van der Waals surface area contributed by atoms with Crippen molar-refractivity contribution in [1.82, 2.24) is 20.4 Å². The molecule has 7 heteroatoms. The van der Waals surface area contributed by atoms with Crippen molar-refractivity contribution in [3.05, 3.63) is 57.6 Å². The average molecular weight is 300 g/mol. The number of nitrogens with one attached hydrogen (secondary N) is 3. The maximum atomic E-state index is 12.3. The molecule has 21 heavy (non-hydrogen) atoms. The first-order valence-electron chi connectivity index (χ1n) is 6.27. The van der Waals surface area contributed by atoms with Gasteiger partial charge in [0.25, 0.3) is 11.5 Å². The van der Waals surface area contributed by atoms with Crippen LogP contribution < -0.4 is 16.2 Å². The summed E-state index contributed by atoms with van der Waals surface area (Å²) in [6.07, 6.45) is 1.57. The van der Waals surface area contributed by atoms with Crippen LogP contribution in [0.4, 0.5) is 0 Å². The zero-order chi connectivity index (χ0) is 15.0. The van der Waals surface area contributed by atoms with E-state index in [4.69, 9.17) is 12.2 Å². The second-order valence-electron chi connectivity index (χ2n) is 4.59. The van der Waals surface area contributed by atoms with Gasteiger partial charge in [-0.2, -0.15) is 0 Å². The largest absolute Gasteiger partial charge is 0.328 e. The molecule has 0 atom stereocenters. The van der Waals surface area contributed by atoms with Gasteiger partial charge in [0.1, 0.15) is 5.70 Å². The Balaban J connectivity index is 2.06. The van der Waals surface area contributed by atoms with Gasteiger partial charge >= 0.3 is 0 Å². The minimum Gasteiger partial charge on any atom is -0.328 e. The summed E-state index contributed by atoms with van der Waals surface area (Å²) >= 11 is 4.87. The zero-order valence-electron chi connectivity index (χ0n) is 11.1. The molecule has 2 aromatic rings. The maximum absolute atomic E-state index is 12.3. The molecule has 1 amide bonds. The number of rotatable bonds is 2. The van der Waals surface area contributed by atoms with Gasteiger partial charge in [-0.25, -0.2) is 4.68 Å². The van der Waals surface area contributed by atoms with Gasteiger partial charge < -0.3 is 5.32 Å². The smallest absolute Gasteiger partial charge is 0.274 e. The highest BCUT2D eigenvalue weighted by molar-refractivity contribution is 7.80. The van der Waals surface area contributed by atoms with Crippen molar-refractivity contribution in [2.24, 2.45) is 0 Å². The molecule has 1 aliphatic heterocycles. The van der Waals surface area contributed by atoms with Gasteiger partial charge in [0.05, 0.1) is 11.4 Å². The number of hydrogen-bond acceptors (Lipinski definition) is 3. The van der Waals surface area contributed by atoms with Crippen LogP contribution in [0.25, 0.3) is 11.8 Å². The van der Waals surface area contributed by atoms with E-state index in [2.05, 4.69) is 15.7 Å². The molecule has 1 aromatic heterocycles. The Morgan fingerprint density at radius 1 is 1.14 bits per heavy atom. The van der Waals surface area contributed by atoms with Crippen LogP contribution in [0.15, 0.2) is 40.8 Å². The van der Waals surface area contributed by atoms with E-state index in [1.54, 1.807) is 13.0 Å². The summed E-state index contributed by atoms with van der Waals surface area (Å²) in [6, 6.07) is 9.22. The summed E-state index contributed by atoms with van der Waals surface area (Å²) in [5.74, 6) is -0.312. The first-order valence-corrected chi connectivity index (χ1v) is 6.68. The molecule has 0 bridgehead atoms. The molecular weight excluding hydrogens is 288 g/mol. The summed E-state index contributed by atoms with van der Waals surface area (Å²) in [6.45, 7) is 1.70. The Morgan fingerprint density at radius 2 is 1.86 bits per heavy atom. The molecule has 0 spiro atoms. The van der Waals surface area contributed by atoms with Crippen LogP contribution >= 0.6 is 12.2 Å². The van der Waals surface area contributed by atoms with Gasteiger partial charge in [0.15, 0.2) is 5.11 Å². The van der Waals surface area contributed by atoms with Gasteiger partial charge in [0, 0.05) is 5.56 Å². The van der Waals surface area contributed by atoms with Crippen molar-refractivity contribution in [3.8, 4) is 5.69 Å². The van der Waals surface area contributed by atoms with Crippen molar-refractivity contribution >= 4 is 29.3 Å². The molecule has 0 saturated carbocycles. The zero-order valence-corrected chi connectivity index (χ0v) is 12.0. The molecule has 3 rings (SSSR count). The van der Waals surface area contributed by atoms with Gasteiger partial charge in [-0.3, -0.25) is 20.0 Å². The first-order chi connectivity index (χ1) is 10.1. The van der Waals surface area contributed by atoms with Crippen molar-refractivity contribution in [2.45, 2.75) is 6.92 Å². The summed E-state index contributed by atoms with van der Waals surface area (Å²) < 4.78 is 1.44. The third-order valence-corrected chi connectivity index (χ3v) is 3.39. The molecular formula is C14H12N4O2S. The highest BCUT2D eigenvalue weighted by Gasteiger charge is 2.21. The molecule has 6 nitrogen and oxygen atoms in total. The summed E-state index contributed by atoms with van der Waals surface area (Å²) in [5.41, 5.74) is 1.97. The number of benzene rings is 1. The molecule has 0 aliphatic carbocycles. The highest BCUT2D eigenvalue weighted by Crippen LogP contribution is 2.11. The molecule has 1 fully saturated rings. The predicted octanol–water partition coefficient (Wildman–Crippen LogP) is 0.819. The number of H-pyrrole nitrogens is 1. The van der Waals surface area contributed by atoms with Crippen LogP contribution in [-0.4, -0.2) is 20.8 Å². The number of aromatic nitrogens is 2. The quantitative estimate of drug-likeness (QED) is 0.567. The SMILES string of the molecule is Cc1c(/C=C2\NC(=S)NC2=O)[nH]n(-c2ccccc2)c1=O. The number of aromatic amines is 1. The lowest BCUT2D eigenvalue weighted by Crippen LogP contribution is -2.21. The minimum atomic E-state index is -0.312. The predicted molar refractivity (Wildman–Crippen MR) is 83.0 cm³/mol. The van der Waals surface area contributed by atoms with E-state index < -0.39 is 0 Å². The molecule has 0 radical (unpaired) electrons. The Morgan fingerprint density at radius 3 is 2.48 bits per heavy atom. The lowest BCUT2D eigenvalue weighted by atomic mass is 10.2. The topological polar surface area (TPSA) is 78.9 Å². The fraction of sp³-hybridized carbons (Fsp3) is 0.0714. The monoisotopic (exact) mass is 300 g/mol. The second kappa shape index (κ2) is 5.02. The van der Waals surface area contributed by atoms with E-state index >= 15 is 0 Å². The van der Waals surface area contributed by atoms with Crippen LogP contribution in [0, 0.1) is 6.92 Å². The number of carbonyl (C=O) groups is 1. The average Bonchev–Trinajstić information content (AvgIpc) is 2.94. The first kappa shape index (κ1) is 13.3. The molecule has 1 saturated heterocycles. The van der Waals surface area contributed by atoms with Crippen LogP contribution in [-0.2, 0) is 4.79 Å². The fourth-order valence-corrected chi connectivity index (χ4v) is 2.27. The Hall–Kier alpha value is -2.67. The Bertz CT molecular complexity index is 817. The number of amides is 1. The van der Waals surface area contributed by atoms with Gasteiger partial charge in [0.2, 0.25) is 0 Å². The van der Waals surface area contributed by atoms with Crippen LogP contribution in [0.1, 0.15) is 11.3 Å². The van der Waals surface area contributed by atoms with Gasteiger partial charge in [-0.05, 0) is 37.4 Å². The molecule has 1 aliphatic rings. The van der Waals surface area contributed by atoms with Crippen molar-refractivity contribution in [2.75, 3.05) is 0 Å². The number of carbonyl (C=O) groups excluding carboxylic acids is 1. The Labute approximate surface area is 125 Å². The molecule has 2 heterocycles. The van der Waals surface area contributed by atoms with Crippen molar-refractivity contribution in [3.63, 3.8) is 0 Å². The third-order valence-electron chi connectivity index (χ3n) is 3.18. The van der Waals surface area contributed by atoms with E-state index in [1.807, 2.05) is 30.3 Å². The lowest BCUT2D eigenvalue weighted by Gasteiger charge is -2.00. The fourth-order valence-electron chi connectivity index (χ4n) is 2.06. The molecule has 106 valence electrons. The van der Waals surface area contributed by atoms with E-state index in [1.165, 1.54) is 4.68 Å². The standard InChI is InChI=1S/C14H12N4O2S/c1-8-10(7-11-12(19)16-14(21)15-11)17-18(13(8)20)9-5-3-2-4-6-9/h2-7,17H,1H3,(H2,15,16,19,21)/b11-7-. The molecule has 1 aromatic carbocycles. The van der Waals surface area contributed by atoms with E-state index in [0.29, 0.717) is 17.0 Å². The van der Waals surface area contributed by atoms with E-state index in [-0.39, 0.29) is 16.6 Å². The van der Waals surface area contributed by atoms with Crippen LogP contribution in [0.5, 0.6) is 0 Å². The number of thiocarbonyl (C=S) groups is 1. The van der Waals surface area contributed by atoms with Gasteiger partial charge in [-0.1, -0.05) is 18.2 Å². The summed E-state index contributed by atoms with van der Waals surface area (Å²) in [4.78, 5) is 23.9. The van der Waals surface area contributed by atoms with Gasteiger partial charge in [-0.15, -0.1) is 0 Å². The summed E-state index contributed by atoms with van der Waals surface area (Å²) in [7, 11) is 0. The summed E-state index contributed by atoms with van der Waals surface area (Å²) in [5, 5.41) is 8.47. The van der Waals surface area contributed by atoms with Crippen molar-refractivity contribution in [1.29, 1.82) is 0 Å². The normalized spacial score (nSPS) is 16.1. The van der Waals surface area contributed by atoms with Crippen molar-refractivity contribution < 1.29 is 4.79 Å². The number of hydrogen-bond donors (Lipinski definition) is 3. The van der Waals surface area contributed by atoms with E-state index in [0.717, 1.165) is 5.69 Å². The number of para-hydroxylation sites is 1. The van der Waals surface area contributed by atoms with Crippen LogP contribution in [0.2, 0.25) is 0 Å². The molecule has 0 unspecified atom stereocenters. The lowest BCUT2D eigenvalue weighted by molar-refractivity contribution is -0.115. The molecule has 3 N–H and O–H groups in total. The maximum Gasteiger partial charge on any atom is 0.274 e. The highest BCUT2D eigenvalue weighted by atomic mass is 32.1. The Kier molecular flexibility index (Phi) is 3.19. The number of nitrogens with zero attached hydrogens (tertiary/aromatic N) is 1. The minimum absolute atomic E-state index is 0.158. The second-order valence-corrected chi connectivity index (χ2v) is 5.00.